The van der Waals surface area contributed by atoms with E-state index in [9.17, 15) is 4.79 Å². The monoisotopic (exact) mass is 439 g/mol. The van der Waals surface area contributed by atoms with E-state index >= 15 is 0 Å². The minimum absolute atomic E-state index is 0.102. The SMILES string of the molecule is Cc1nn(C)c(NC(=O)c2sc3ccccc3c2C)c1-c1ccc(Br)cc1. The summed E-state index contributed by atoms with van der Waals surface area (Å²) in [7, 11) is 1.85. The number of carbonyl (C=O) groups is 1. The van der Waals surface area contributed by atoms with Crippen molar-refractivity contribution in [1.82, 2.24) is 9.78 Å². The Balaban J connectivity index is 1.75. The van der Waals surface area contributed by atoms with E-state index in [-0.39, 0.29) is 5.91 Å². The number of aromatic nitrogens is 2. The molecule has 0 aliphatic heterocycles. The van der Waals surface area contributed by atoms with Crippen LogP contribution < -0.4 is 5.32 Å². The first-order chi connectivity index (χ1) is 13.0. The molecule has 4 aromatic rings. The third-order valence-corrected chi connectivity index (χ3v) is 6.44. The largest absolute Gasteiger partial charge is 0.306 e. The summed E-state index contributed by atoms with van der Waals surface area (Å²) in [4.78, 5) is 13.8. The molecule has 0 atom stereocenters. The van der Waals surface area contributed by atoms with Crippen LogP contribution in [0.3, 0.4) is 0 Å². The van der Waals surface area contributed by atoms with Crippen LogP contribution in [0, 0.1) is 13.8 Å². The minimum Gasteiger partial charge on any atom is -0.306 e. The summed E-state index contributed by atoms with van der Waals surface area (Å²) in [6, 6.07) is 16.1. The fraction of sp³-hybridized carbons (Fsp3) is 0.143. The Morgan fingerprint density at radius 1 is 1.11 bits per heavy atom. The highest BCUT2D eigenvalue weighted by atomic mass is 79.9. The molecule has 2 heterocycles. The molecule has 0 saturated carbocycles. The predicted molar refractivity (Wildman–Crippen MR) is 116 cm³/mol. The Bertz CT molecular complexity index is 1160. The quantitative estimate of drug-likeness (QED) is 0.429. The first kappa shape index (κ1) is 17.9. The van der Waals surface area contributed by atoms with Crippen molar-refractivity contribution in [2.75, 3.05) is 5.32 Å². The number of carbonyl (C=O) groups excluding carboxylic acids is 1. The molecular weight excluding hydrogens is 422 g/mol. The fourth-order valence-corrected chi connectivity index (χ4v) is 4.69. The molecule has 1 amide bonds. The second-order valence-electron chi connectivity index (χ2n) is 6.45. The van der Waals surface area contributed by atoms with Crippen LogP contribution in [0.4, 0.5) is 5.82 Å². The number of hydrogen-bond acceptors (Lipinski definition) is 3. The lowest BCUT2D eigenvalue weighted by atomic mass is 10.1. The minimum atomic E-state index is -0.102. The molecule has 4 rings (SSSR count). The van der Waals surface area contributed by atoms with E-state index in [1.54, 1.807) is 4.68 Å². The van der Waals surface area contributed by atoms with Crippen LogP contribution in [0.5, 0.6) is 0 Å². The van der Waals surface area contributed by atoms with Gasteiger partial charge in [0.1, 0.15) is 5.82 Å². The van der Waals surface area contributed by atoms with Crippen LogP contribution in [-0.2, 0) is 7.05 Å². The summed E-state index contributed by atoms with van der Waals surface area (Å²) in [5.41, 5.74) is 3.85. The Morgan fingerprint density at radius 2 is 1.81 bits per heavy atom. The van der Waals surface area contributed by atoms with Gasteiger partial charge in [-0.05, 0) is 48.6 Å². The molecule has 0 saturated heterocycles. The highest BCUT2D eigenvalue weighted by Gasteiger charge is 2.21. The second-order valence-corrected chi connectivity index (χ2v) is 8.41. The lowest BCUT2D eigenvalue weighted by Gasteiger charge is -2.09. The van der Waals surface area contributed by atoms with Crippen molar-refractivity contribution in [3.8, 4) is 11.1 Å². The van der Waals surface area contributed by atoms with E-state index in [4.69, 9.17) is 0 Å². The van der Waals surface area contributed by atoms with Gasteiger partial charge in [-0.25, -0.2) is 0 Å². The molecule has 0 fully saturated rings. The van der Waals surface area contributed by atoms with Gasteiger partial charge in [0.15, 0.2) is 0 Å². The van der Waals surface area contributed by atoms with Crippen LogP contribution in [0.1, 0.15) is 20.9 Å². The van der Waals surface area contributed by atoms with Crippen molar-refractivity contribution in [2.24, 2.45) is 7.05 Å². The zero-order chi connectivity index (χ0) is 19.1. The van der Waals surface area contributed by atoms with Crippen LogP contribution in [0.2, 0.25) is 0 Å². The molecule has 27 heavy (non-hydrogen) atoms. The lowest BCUT2D eigenvalue weighted by molar-refractivity contribution is 0.102. The maximum absolute atomic E-state index is 13.1. The number of hydrogen-bond donors (Lipinski definition) is 1. The summed E-state index contributed by atoms with van der Waals surface area (Å²) in [5.74, 6) is 0.603. The maximum atomic E-state index is 13.1. The van der Waals surface area contributed by atoms with Crippen molar-refractivity contribution in [2.45, 2.75) is 13.8 Å². The number of nitrogens with zero attached hydrogens (tertiary/aromatic N) is 2. The molecule has 136 valence electrons. The smallest absolute Gasteiger partial charge is 0.267 e. The first-order valence-corrected chi connectivity index (χ1v) is 10.2. The first-order valence-electron chi connectivity index (χ1n) is 8.54. The van der Waals surface area contributed by atoms with E-state index in [0.717, 1.165) is 41.8 Å². The molecule has 0 spiro atoms. The van der Waals surface area contributed by atoms with Gasteiger partial charge < -0.3 is 5.32 Å². The third-order valence-electron chi connectivity index (χ3n) is 4.64. The second kappa shape index (κ2) is 6.94. The number of rotatable bonds is 3. The number of thiophene rings is 1. The molecular formula is C21H18BrN3OS. The number of benzene rings is 2. The Morgan fingerprint density at radius 3 is 2.52 bits per heavy atom. The molecule has 1 N–H and O–H groups in total. The lowest BCUT2D eigenvalue weighted by Crippen LogP contribution is -2.14. The van der Waals surface area contributed by atoms with Crippen LogP contribution in [0.25, 0.3) is 21.2 Å². The number of nitrogens with one attached hydrogen (secondary N) is 1. The number of fused-ring (bicyclic) bond motifs is 1. The van der Waals surface area contributed by atoms with E-state index < -0.39 is 0 Å². The fourth-order valence-electron chi connectivity index (χ4n) is 3.32. The standard InChI is InChI=1S/C21H18BrN3OS/c1-12-16-6-4-5-7-17(16)27-19(12)21(26)23-20-18(13(2)24-25(20)3)14-8-10-15(22)11-9-14/h4-11H,1-3H3,(H,23,26). The van der Waals surface area contributed by atoms with Gasteiger partial charge in [-0.3, -0.25) is 9.48 Å². The van der Waals surface area contributed by atoms with Gasteiger partial charge in [-0.1, -0.05) is 46.3 Å². The van der Waals surface area contributed by atoms with Gasteiger partial charge in [0.25, 0.3) is 5.91 Å². The van der Waals surface area contributed by atoms with Gasteiger partial charge in [-0.15, -0.1) is 11.3 Å². The molecule has 0 unspecified atom stereocenters. The van der Waals surface area contributed by atoms with Crippen molar-refractivity contribution in [1.29, 1.82) is 0 Å². The topological polar surface area (TPSA) is 46.9 Å². The van der Waals surface area contributed by atoms with E-state index in [1.807, 2.05) is 63.4 Å². The average Bonchev–Trinajstić information content (AvgIpc) is 3.13. The summed E-state index contributed by atoms with van der Waals surface area (Å²) >= 11 is 4.99. The number of aryl methyl sites for hydroxylation is 3. The van der Waals surface area contributed by atoms with E-state index in [1.165, 1.54) is 11.3 Å². The highest BCUT2D eigenvalue weighted by molar-refractivity contribution is 9.10. The molecule has 4 nitrogen and oxygen atoms in total. The van der Waals surface area contributed by atoms with Gasteiger partial charge in [-0.2, -0.15) is 5.10 Å². The average molecular weight is 440 g/mol. The molecule has 2 aromatic heterocycles. The molecule has 6 heteroatoms. The van der Waals surface area contributed by atoms with E-state index in [2.05, 4.69) is 32.4 Å². The molecule has 2 aromatic carbocycles. The maximum Gasteiger partial charge on any atom is 0.267 e. The summed E-state index contributed by atoms with van der Waals surface area (Å²) < 4.78 is 3.86. The van der Waals surface area contributed by atoms with E-state index in [0.29, 0.717) is 5.82 Å². The van der Waals surface area contributed by atoms with Crippen molar-refractivity contribution in [3.63, 3.8) is 0 Å². The number of anilines is 1. The van der Waals surface area contributed by atoms with Crippen molar-refractivity contribution >= 4 is 49.1 Å². The Kier molecular flexibility index (Phi) is 4.61. The van der Waals surface area contributed by atoms with Gasteiger partial charge in [0.2, 0.25) is 0 Å². The summed E-state index contributed by atoms with van der Waals surface area (Å²) in [6.45, 7) is 3.95. The summed E-state index contributed by atoms with van der Waals surface area (Å²) in [6.07, 6.45) is 0. The van der Waals surface area contributed by atoms with Gasteiger partial charge >= 0.3 is 0 Å². The van der Waals surface area contributed by atoms with Crippen molar-refractivity contribution in [3.05, 3.63) is 69.1 Å². The third kappa shape index (κ3) is 3.19. The van der Waals surface area contributed by atoms with Crippen molar-refractivity contribution < 1.29 is 4.79 Å². The Labute approximate surface area is 170 Å². The highest BCUT2D eigenvalue weighted by Crippen LogP contribution is 2.34. The predicted octanol–water partition coefficient (Wildman–Crippen LogP) is 5.93. The zero-order valence-electron chi connectivity index (χ0n) is 15.2. The molecule has 0 radical (unpaired) electrons. The zero-order valence-corrected chi connectivity index (χ0v) is 17.6. The normalized spacial score (nSPS) is 11.1. The van der Waals surface area contributed by atoms with Gasteiger partial charge in [0.05, 0.1) is 10.6 Å². The number of halogens is 1. The molecule has 0 aliphatic rings. The van der Waals surface area contributed by atoms with Gasteiger partial charge in [0, 0.05) is 21.8 Å². The Hall–Kier alpha value is -2.44. The van der Waals surface area contributed by atoms with Crippen LogP contribution >= 0.6 is 27.3 Å². The van der Waals surface area contributed by atoms with Crippen LogP contribution in [0.15, 0.2) is 53.0 Å². The summed E-state index contributed by atoms with van der Waals surface area (Å²) in [5, 5.41) is 8.73. The molecule has 0 bridgehead atoms. The van der Waals surface area contributed by atoms with Crippen LogP contribution in [-0.4, -0.2) is 15.7 Å². The number of amides is 1. The molecule has 0 aliphatic carbocycles.